The number of hydrogen-bond acceptors (Lipinski definition) is 5. The van der Waals surface area contributed by atoms with E-state index in [0.717, 1.165) is 0 Å². The summed E-state index contributed by atoms with van der Waals surface area (Å²) in [5, 5.41) is 0. The fourth-order valence-corrected chi connectivity index (χ4v) is 2.16. The van der Waals surface area contributed by atoms with E-state index in [1.165, 1.54) is 10.6 Å². The Labute approximate surface area is 129 Å². The van der Waals surface area contributed by atoms with Crippen LogP contribution in [0.4, 0.5) is 0 Å². The normalized spacial score (nSPS) is 19.4. The van der Waals surface area contributed by atoms with Crippen LogP contribution in [-0.4, -0.2) is 32.9 Å². The maximum absolute atomic E-state index is 11.8. The largest absolute Gasteiger partial charge is 0.516 e. The molecule has 1 saturated heterocycles. The second kappa shape index (κ2) is 5.03. The monoisotopic (exact) mass is 299 g/mol. The van der Waals surface area contributed by atoms with Crippen molar-refractivity contribution in [1.82, 2.24) is 14.5 Å². The SMILES string of the molecule is CC1(C)OB(c2cnc(-n3ccccc3=O)cn2)OC1(C)C. The van der Waals surface area contributed by atoms with Crippen molar-refractivity contribution in [2.75, 3.05) is 0 Å². The van der Waals surface area contributed by atoms with Crippen LogP contribution in [0.25, 0.3) is 5.82 Å². The maximum Gasteiger partial charge on any atom is 0.516 e. The highest BCUT2D eigenvalue weighted by Gasteiger charge is 2.52. The van der Waals surface area contributed by atoms with Crippen LogP contribution in [0, 0.1) is 0 Å². The van der Waals surface area contributed by atoms with E-state index in [0.29, 0.717) is 11.4 Å². The van der Waals surface area contributed by atoms with Crippen LogP contribution < -0.4 is 11.2 Å². The Morgan fingerprint density at radius 2 is 1.73 bits per heavy atom. The maximum atomic E-state index is 11.8. The van der Waals surface area contributed by atoms with Gasteiger partial charge in [-0.1, -0.05) is 6.07 Å². The first-order valence-electron chi connectivity index (χ1n) is 7.16. The molecule has 0 aliphatic carbocycles. The van der Waals surface area contributed by atoms with Crippen LogP contribution in [0.3, 0.4) is 0 Å². The minimum absolute atomic E-state index is 0.153. The summed E-state index contributed by atoms with van der Waals surface area (Å²) in [5.41, 5.74) is -0.408. The Bertz CT molecular complexity index is 724. The molecule has 0 saturated carbocycles. The summed E-state index contributed by atoms with van der Waals surface area (Å²) < 4.78 is 13.3. The van der Waals surface area contributed by atoms with E-state index in [-0.39, 0.29) is 5.56 Å². The molecule has 6 nitrogen and oxygen atoms in total. The molecule has 114 valence electrons. The minimum atomic E-state index is -0.556. The first-order valence-corrected chi connectivity index (χ1v) is 7.16. The lowest BCUT2D eigenvalue weighted by Gasteiger charge is -2.32. The highest BCUT2D eigenvalue weighted by atomic mass is 16.7. The summed E-state index contributed by atoms with van der Waals surface area (Å²) in [6, 6.07) is 4.93. The molecule has 0 amide bonds. The third-order valence-electron chi connectivity index (χ3n) is 4.22. The highest BCUT2D eigenvalue weighted by molar-refractivity contribution is 6.61. The number of rotatable bonds is 2. The van der Waals surface area contributed by atoms with Gasteiger partial charge >= 0.3 is 7.12 Å². The molecule has 7 heteroatoms. The van der Waals surface area contributed by atoms with Gasteiger partial charge in [-0.05, 0) is 33.8 Å². The van der Waals surface area contributed by atoms with Crippen molar-refractivity contribution in [3.8, 4) is 5.82 Å². The molecule has 3 heterocycles. The molecule has 0 unspecified atom stereocenters. The molecule has 2 aromatic heterocycles. The van der Waals surface area contributed by atoms with Crippen LogP contribution in [0.1, 0.15) is 27.7 Å². The van der Waals surface area contributed by atoms with E-state index in [1.54, 1.807) is 30.7 Å². The smallest absolute Gasteiger partial charge is 0.398 e. The van der Waals surface area contributed by atoms with Crippen molar-refractivity contribution in [2.45, 2.75) is 38.9 Å². The van der Waals surface area contributed by atoms with Crippen LogP contribution in [-0.2, 0) is 9.31 Å². The van der Waals surface area contributed by atoms with Gasteiger partial charge in [-0.25, -0.2) is 4.98 Å². The van der Waals surface area contributed by atoms with Gasteiger partial charge in [0.1, 0.15) is 0 Å². The second-order valence-electron chi connectivity index (χ2n) is 6.30. The summed E-state index contributed by atoms with van der Waals surface area (Å²) in [6.07, 6.45) is 4.78. The zero-order valence-electron chi connectivity index (χ0n) is 13.1. The van der Waals surface area contributed by atoms with Crippen LogP contribution in [0.2, 0.25) is 0 Å². The first-order chi connectivity index (χ1) is 10.3. The first kappa shape index (κ1) is 14.9. The average Bonchev–Trinajstić information content (AvgIpc) is 2.68. The van der Waals surface area contributed by atoms with Crippen LogP contribution in [0.5, 0.6) is 0 Å². The molecule has 0 radical (unpaired) electrons. The van der Waals surface area contributed by atoms with Gasteiger partial charge in [0, 0.05) is 18.5 Å². The summed E-state index contributed by atoms with van der Waals surface area (Å²) in [4.78, 5) is 20.4. The van der Waals surface area contributed by atoms with E-state index in [9.17, 15) is 4.79 Å². The lowest BCUT2D eigenvalue weighted by atomic mass is 9.85. The molecule has 0 N–H and O–H groups in total. The zero-order valence-corrected chi connectivity index (χ0v) is 13.1. The lowest BCUT2D eigenvalue weighted by molar-refractivity contribution is 0.00578. The standard InChI is InChI=1S/C15H18BN3O3/c1-14(2)15(3,4)22-16(21-14)11-9-18-12(10-17-11)19-8-6-5-7-13(19)20/h5-10H,1-4H3. The van der Waals surface area contributed by atoms with E-state index in [4.69, 9.17) is 9.31 Å². The van der Waals surface area contributed by atoms with Gasteiger partial charge in [0.05, 0.1) is 23.0 Å². The lowest BCUT2D eigenvalue weighted by Crippen LogP contribution is -2.41. The van der Waals surface area contributed by atoms with Gasteiger partial charge in [-0.15, -0.1) is 0 Å². The number of pyridine rings is 1. The van der Waals surface area contributed by atoms with Gasteiger partial charge in [0.2, 0.25) is 0 Å². The molecule has 0 bridgehead atoms. The van der Waals surface area contributed by atoms with E-state index >= 15 is 0 Å². The summed E-state index contributed by atoms with van der Waals surface area (Å²) in [6.45, 7) is 7.94. The molecule has 0 atom stereocenters. The molecular formula is C15H18BN3O3. The predicted molar refractivity (Wildman–Crippen MR) is 83.3 cm³/mol. The molecule has 0 aromatic carbocycles. The van der Waals surface area contributed by atoms with E-state index in [1.807, 2.05) is 27.7 Å². The third-order valence-corrected chi connectivity index (χ3v) is 4.22. The molecule has 0 spiro atoms. The van der Waals surface area contributed by atoms with Crippen molar-refractivity contribution in [3.63, 3.8) is 0 Å². The van der Waals surface area contributed by atoms with E-state index in [2.05, 4.69) is 9.97 Å². The third kappa shape index (κ3) is 2.46. The fraction of sp³-hybridized carbons (Fsp3) is 0.400. The second-order valence-corrected chi connectivity index (χ2v) is 6.30. The predicted octanol–water partition coefficient (Wildman–Crippen LogP) is 0.927. The molecule has 1 aliphatic heterocycles. The number of hydrogen-bond donors (Lipinski definition) is 0. The van der Waals surface area contributed by atoms with Gasteiger partial charge in [-0.3, -0.25) is 14.3 Å². The van der Waals surface area contributed by atoms with Crippen molar-refractivity contribution in [1.29, 1.82) is 0 Å². The average molecular weight is 299 g/mol. The number of aromatic nitrogens is 3. The highest BCUT2D eigenvalue weighted by Crippen LogP contribution is 2.36. The minimum Gasteiger partial charge on any atom is -0.398 e. The topological polar surface area (TPSA) is 66.2 Å². The van der Waals surface area contributed by atoms with Gasteiger partial charge in [0.15, 0.2) is 5.82 Å². The van der Waals surface area contributed by atoms with Gasteiger partial charge < -0.3 is 9.31 Å². The summed E-state index contributed by atoms with van der Waals surface area (Å²) in [5.74, 6) is 0.464. The number of nitrogens with zero attached hydrogens (tertiary/aromatic N) is 3. The Balaban J connectivity index is 1.88. The molecule has 2 aromatic rings. The molecule has 1 aliphatic rings. The van der Waals surface area contributed by atoms with Crippen molar-refractivity contribution in [3.05, 3.63) is 47.1 Å². The Morgan fingerprint density at radius 1 is 1.05 bits per heavy atom. The van der Waals surface area contributed by atoms with E-state index < -0.39 is 18.3 Å². The Kier molecular flexibility index (Phi) is 3.42. The van der Waals surface area contributed by atoms with Gasteiger partial charge in [0.25, 0.3) is 5.56 Å². The molecular weight excluding hydrogens is 281 g/mol. The zero-order chi connectivity index (χ0) is 16.0. The summed E-state index contributed by atoms with van der Waals surface area (Å²) in [7, 11) is -0.556. The van der Waals surface area contributed by atoms with Crippen LogP contribution >= 0.6 is 0 Å². The van der Waals surface area contributed by atoms with Crippen LogP contribution in [0.15, 0.2) is 41.6 Å². The molecule has 3 rings (SSSR count). The Hall–Kier alpha value is -1.99. The quantitative estimate of drug-likeness (QED) is 0.772. The van der Waals surface area contributed by atoms with Crippen molar-refractivity contribution in [2.24, 2.45) is 0 Å². The van der Waals surface area contributed by atoms with Gasteiger partial charge in [-0.2, -0.15) is 0 Å². The van der Waals surface area contributed by atoms with Crippen molar-refractivity contribution < 1.29 is 9.31 Å². The fourth-order valence-electron chi connectivity index (χ4n) is 2.16. The summed E-state index contributed by atoms with van der Waals surface area (Å²) >= 11 is 0. The Morgan fingerprint density at radius 3 is 2.27 bits per heavy atom. The molecule has 22 heavy (non-hydrogen) atoms. The van der Waals surface area contributed by atoms with Crippen molar-refractivity contribution >= 4 is 12.7 Å². The molecule has 1 fully saturated rings.